The van der Waals surface area contributed by atoms with Crippen molar-refractivity contribution in [2.45, 2.75) is 6.61 Å². The summed E-state index contributed by atoms with van der Waals surface area (Å²) in [5.41, 5.74) is 1.74. The Balaban J connectivity index is 1.57. The van der Waals surface area contributed by atoms with Crippen LogP contribution in [0.1, 0.15) is 21.5 Å². The number of hydrogen-bond donors (Lipinski definition) is 2. The van der Waals surface area contributed by atoms with Crippen LogP contribution in [-0.2, 0) is 16.2 Å². The number of benzene rings is 3. The van der Waals surface area contributed by atoms with Gasteiger partial charge in [0.15, 0.2) is 0 Å². The third-order valence-electron chi connectivity index (χ3n) is 5.08. The summed E-state index contributed by atoms with van der Waals surface area (Å²) >= 11 is 7.52. The molecule has 1 heterocycles. The molecular formula is C25H15BrI2N2O6. The van der Waals surface area contributed by atoms with Crippen molar-refractivity contribution in [2.75, 3.05) is 4.90 Å². The van der Waals surface area contributed by atoms with Gasteiger partial charge in [0, 0.05) is 4.47 Å². The quantitative estimate of drug-likeness (QED) is 0.192. The van der Waals surface area contributed by atoms with E-state index >= 15 is 0 Å². The van der Waals surface area contributed by atoms with Crippen LogP contribution in [0.4, 0.5) is 10.5 Å². The molecule has 2 N–H and O–H groups in total. The Hall–Kier alpha value is -2.78. The predicted molar refractivity (Wildman–Crippen MR) is 153 cm³/mol. The summed E-state index contributed by atoms with van der Waals surface area (Å²) in [6, 6.07) is 15.8. The van der Waals surface area contributed by atoms with Gasteiger partial charge in [-0.3, -0.25) is 14.9 Å². The number of rotatable bonds is 6. The lowest BCUT2D eigenvalue weighted by Gasteiger charge is -2.26. The van der Waals surface area contributed by atoms with Gasteiger partial charge >= 0.3 is 12.0 Å². The van der Waals surface area contributed by atoms with Crippen LogP contribution in [0.25, 0.3) is 6.08 Å². The lowest BCUT2D eigenvalue weighted by atomic mass is 10.1. The van der Waals surface area contributed by atoms with Crippen molar-refractivity contribution in [3.63, 3.8) is 0 Å². The van der Waals surface area contributed by atoms with Crippen molar-refractivity contribution in [2.24, 2.45) is 0 Å². The number of carbonyl (C=O) groups is 4. The fourth-order valence-corrected chi connectivity index (χ4v) is 5.89. The number of carboxylic acids is 1. The number of barbiturate groups is 1. The molecule has 3 aromatic carbocycles. The van der Waals surface area contributed by atoms with Gasteiger partial charge in [0.25, 0.3) is 11.8 Å². The van der Waals surface area contributed by atoms with Gasteiger partial charge in [-0.2, -0.15) is 0 Å². The standard InChI is InChI=1S/C25H15BrI2N2O6/c26-16-2-1-3-17(11-16)30-23(32)18(22(31)29-25(30)35)8-14-9-19(27)21(20(28)10-14)36-12-13-4-6-15(7-5-13)24(33)34/h1-11H,12H2,(H,33,34)(H,29,31,35)/b18-8+. The highest BCUT2D eigenvalue weighted by atomic mass is 127. The SMILES string of the molecule is O=C1NC(=O)N(c2cccc(Br)c2)C(=O)/C1=C/c1cc(I)c(OCc2ccc(C(=O)O)cc2)c(I)c1. The predicted octanol–water partition coefficient (Wildman–Crippen LogP) is 5.60. The summed E-state index contributed by atoms with van der Waals surface area (Å²) in [7, 11) is 0. The second-order valence-corrected chi connectivity index (χ2v) is 10.8. The molecule has 0 atom stereocenters. The molecule has 3 aromatic rings. The summed E-state index contributed by atoms with van der Waals surface area (Å²) in [4.78, 5) is 50.0. The van der Waals surface area contributed by atoms with Gasteiger partial charge in [-0.25, -0.2) is 14.5 Å². The van der Waals surface area contributed by atoms with Gasteiger partial charge in [0.1, 0.15) is 17.9 Å². The number of urea groups is 1. The van der Waals surface area contributed by atoms with Crippen molar-refractivity contribution in [1.29, 1.82) is 0 Å². The Bertz CT molecular complexity index is 1420. The van der Waals surface area contributed by atoms with E-state index < -0.39 is 23.8 Å². The van der Waals surface area contributed by atoms with E-state index in [0.29, 0.717) is 21.5 Å². The molecule has 4 amide bonds. The van der Waals surface area contributed by atoms with Gasteiger partial charge in [-0.05, 0) is 105 Å². The third-order valence-corrected chi connectivity index (χ3v) is 7.18. The number of aromatic carboxylic acids is 1. The Morgan fingerprint density at radius 1 is 1.03 bits per heavy atom. The molecule has 0 aliphatic carbocycles. The van der Waals surface area contributed by atoms with E-state index in [1.165, 1.54) is 18.2 Å². The zero-order valence-electron chi connectivity index (χ0n) is 18.1. The minimum atomic E-state index is -0.995. The summed E-state index contributed by atoms with van der Waals surface area (Å²) < 4.78 is 8.13. The van der Waals surface area contributed by atoms with Crippen LogP contribution in [0.5, 0.6) is 5.75 Å². The first-order valence-corrected chi connectivity index (χ1v) is 13.2. The Labute approximate surface area is 241 Å². The molecule has 0 radical (unpaired) electrons. The van der Waals surface area contributed by atoms with Gasteiger partial charge in [-0.1, -0.05) is 34.1 Å². The topological polar surface area (TPSA) is 113 Å². The minimum Gasteiger partial charge on any atom is -0.487 e. The fourth-order valence-electron chi connectivity index (χ4n) is 3.37. The molecule has 0 spiro atoms. The Morgan fingerprint density at radius 2 is 1.69 bits per heavy atom. The van der Waals surface area contributed by atoms with Crippen LogP contribution in [0, 0.1) is 7.14 Å². The Morgan fingerprint density at radius 3 is 2.31 bits per heavy atom. The van der Waals surface area contributed by atoms with Crippen LogP contribution in [0.2, 0.25) is 0 Å². The molecule has 1 saturated heterocycles. The van der Waals surface area contributed by atoms with Crippen LogP contribution >= 0.6 is 61.1 Å². The van der Waals surface area contributed by atoms with Crippen LogP contribution in [-0.4, -0.2) is 28.9 Å². The molecule has 36 heavy (non-hydrogen) atoms. The first-order chi connectivity index (χ1) is 17.1. The van der Waals surface area contributed by atoms with Crippen molar-refractivity contribution in [3.8, 4) is 5.75 Å². The molecule has 0 unspecified atom stereocenters. The third kappa shape index (κ3) is 5.78. The second kappa shape index (κ2) is 11.1. The van der Waals surface area contributed by atoms with E-state index in [2.05, 4.69) is 66.4 Å². The number of halogens is 3. The summed E-state index contributed by atoms with van der Waals surface area (Å²) in [6.45, 7) is 0.233. The lowest BCUT2D eigenvalue weighted by molar-refractivity contribution is -0.122. The highest BCUT2D eigenvalue weighted by Crippen LogP contribution is 2.31. The smallest absolute Gasteiger partial charge is 0.335 e. The van der Waals surface area contributed by atoms with Gasteiger partial charge < -0.3 is 9.84 Å². The number of ether oxygens (including phenoxy) is 1. The van der Waals surface area contributed by atoms with Crippen molar-refractivity contribution in [1.82, 2.24) is 5.32 Å². The van der Waals surface area contributed by atoms with Crippen LogP contribution < -0.4 is 15.0 Å². The molecule has 0 aromatic heterocycles. The molecule has 4 rings (SSSR count). The van der Waals surface area contributed by atoms with Crippen molar-refractivity contribution >= 4 is 96.7 Å². The number of nitrogens with one attached hydrogen (secondary N) is 1. The highest BCUT2D eigenvalue weighted by Gasteiger charge is 2.36. The van der Waals surface area contributed by atoms with Crippen LogP contribution in [0.15, 0.2) is 70.7 Å². The zero-order chi connectivity index (χ0) is 26.0. The van der Waals surface area contributed by atoms with Crippen molar-refractivity contribution in [3.05, 3.63) is 94.5 Å². The first kappa shape index (κ1) is 26.3. The number of carboxylic acid groups (broad SMARTS) is 1. The van der Waals surface area contributed by atoms with E-state index in [4.69, 9.17) is 9.84 Å². The molecule has 182 valence electrons. The maximum atomic E-state index is 13.1. The lowest BCUT2D eigenvalue weighted by Crippen LogP contribution is -2.54. The molecule has 0 saturated carbocycles. The fraction of sp³-hybridized carbons (Fsp3) is 0.0400. The molecule has 11 heteroatoms. The molecule has 1 fully saturated rings. The molecule has 1 aliphatic rings. The van der Waals surface area contributed by atoms with E-state index in [1.54, 1.807) is 48.5 Å². The molecular weight excluding hydrogens is 758 g/mol. The number of hydrogen-bond acceptors (Lipinski definition) is 5. The first-order valence-electron chi connectivity index (χ1n) is 10.2. The average molecular weight is 773 g/mol. The molecule has 8 nitrogen and oxygen atoms in total. The van der Waals surface area contributed by atoms with E-state index in [9.17, 15) is 19.2 Å². The van der Waals surface area contributed by atoms with Gasteiger partial charge in [0.2, 0.25) is 0 Å². The van der Waals surface area contributed by atoms with E-state index in [1.807, 2.05) is 0 Å². The van der Waals surface area contributed by atoms with Crippen LogP contribution in [0.3, 0.4) is 0 Å². The monoisotopic (exact) mass is 772 g/mol. The van der Waals surface area contributed by atoms with E-state index in [0.717, 1.165) is 17.6 Å². The maximum absolute atomic E-state index is 13.1. The number of amides is 4. The summed E-state index contributed by atoms with van der Waals surface area (Å²) in [6.07, 6.45) is 1.44. The number of nitrogens with zero attached hydrogens (tertiary/aromatic N) is 1. The molecule has 1 aliphatic heterocycles. The van der Waals surface area contributed by atoms with E-state index in [-0.39, 0.29) is 17.7 Å². The minimum absolute atomic E-state index is 0.173. The normalized spacial score (nSPS) is 14.7. The number of imide groups is 2. The summed E-state index contributed by atoms with van der Waals surface area (Å²) in [5.74, 6) is -1.88. The van der Waals surface area contributed by atoms with Gasteiger partial charge in [-0.15, -0.1) is 0 Å². The number of carbonyl (C=O) groups excluding carboxylic acids is 3. The zero-order valence-corrected chi connectivity index (χ0v) is 24.0. The Kier molecular flexibility index (Phi) is 8.10. The second-order valence-electron chi connectivity index (χ2n) is 7.54. The maximum Gasteiger partial charge on any atom is 0.335 e. The summed E-state index contributed by atoms with van der Waals surface area (Å²) in [5, 5.41) is 11.2. The molecule has 0 bridgehead atoms. The largest absolute Gasteiger partial charge is 0.487 e. The van der Waals surface area contributed by atoms with Crippen molar-refractivity contribution < 1.29 is 29.0 Å². The average Bonchev–Trinajstić information content (AvgIpc) is 2.81. The number of anilines is 1. The van der Waals surface area contributed by atoms with Gasteiger partial charge in [0.05, 0.1) is 18.4 Å². The highest BCUT2D eigenvalue weighted by molar-refractivity contribution is 14.1.